The molecule has 0 atom stereocenters. The van der Waals surface area contributed by atoms with E-state index in [9.17, 15) is 8.42 Å². The lowest BCUT2D eigenvalue weighted by molar-refractivity contribution is 0.313. The first kappa shape index (κ1) is 18.9. The summed E-state index contributed by atoms with van der Waals surface area (Å²) in [7, 11) is -1.34. The van der Waals surface area contributed by atoms with E-state index in [4.69, 9.17) is 0 Å². The Bertz CT molecular complexity index is 809. The van der Waals surface area contributed by atoms with Crippen molar-refractivity contribution in [3.63, 3.8) is 0 Å². The average molecular weight is 374 g/mol. The van der Waals surface area contributed by atoms with Gasteiger partial charge in [0.05, 0.1) is 4.90 Å². The number of piperazine rings is 1. The molecule has 0 spiro atoms. The minimum absolute atomic E-state index is 0.293. The quantitative estimate of drug-likeness (QED) is 0.845. The minimum Gasteiger partial charge on any atom is -0.369 e. The topological polar surface area (TPSA) is 52.7 Å². The zero-order valence-corrected chi connectivity index (χ0v) is 16.3. The van der Waals surface area contributed by atoms with Crippen LogP contribution < -0.4 is 9.62 Å². The lowest BCUT2D eigenvalue weighted by atomic mass is 10.2. The van der Waals surface area contributed by atoms with Crippen LogP contribution in [-0.2, 0) is 23.0 Å². The Hall–Kier alpha value is -1.89. The van der Waals surface area contributed by atoms with Gasteiger partial charge in [-0.2, -0.15) is 0 Å². The summed E-state index contributed by atoms with van der Waals surface area (Å²) < 4.78 is 27.5. The van der Waals surface area contributed by atoms with Crippen LogP contribution >= 0.6 is 0 Å². The summed E-state index contributed by atoms with van der Waals surface area (Å²) in [5.41, 5.74) is 3.28. The molecule has 1 saturated heterocycles. The molecule has 0 aliphatic carbocycles. The number of nitrogens with zero attached hydrogens (tertiary/aromatic N) is 2. The molecule has 5 nitrogen and oxygen atoms in total. The van der Waals surface area contributed by atoms with E-state index in [1.54, 1.807) is 12.1 Å². The lowest BCUT2D eigenvalue weighted by Crippen LogP contribution is -2.44. The van der Waals surface area contributed by atoms with Gasteiger partial charge in [-0.3, -0.25) is 0 Å². The number of anilines is 1. The molecule has 1 aliphatic rings. The van der Waals surface area contributed by atoms with Crippen molar-refractivity contribution >= 4 is 15.7 Å². The maximum atomic E-state index is 12.4. The number of rotatable bonds is 6. The highest BCUT2D eigenvalue weighted by molar-refractivity contribution is 7.89. The maximum Gasteiger partial charge on any atom is 0.240 e. The van der Waals surface area contributed by atoms with E-state index in [1.807, 2.05) is 31.2 Å². The molecule has 6 heteroatoms. The van der Waals surface area contributed by atoms with Gasteiger partial charge in [-0.05, 0) is 48.9 Å². The van der Waals surface area contributed by atoms with Gasteiger partial charge in [-0.25, -0.2) is 13.1 Å². The number of benzene rings is 2. The largest absolute Gasteiger partial charge is 0.369 e. The number of hydrogen-bond acceptors (Lipinski definition) is 4. The van der Waals surface area contributed by atoms with Gasteiger partial charge in [0, 0.05) is 38.4 Å². The highest BCUT2D eigenvalue weighted by Gasteiger charge is 2.15. The van der Waals surface area contributed by atoms with Crippen LogP contribution in [0.15, 0.2) is 53.4 Å². The van der Waals surface area contributed by atoms with E-state index in [0.717, 1.165) is 43.7 Å². The van der Waals surface area contributed by atoms with Crippen LogP contribution in [0.3, 0.4) is 0 Å². The maximum absolute atomic E-state index is 12.4. The second kappa shape index (κ2) is 8.20. The Balaban J connectivity index is 1.60. The Kier molecular flexibility index (Phi) is 5.96. The van der Waals surface area contributed by atoms with Crippen molar-refractivity contribution in [3.8, 4) is 0 Å². The van der Waals surface area contributed by atoms with Crippen LogP contribution in [0.25, 0.3) is 0 Å². The van der Waals surface area contributed by atoms with Gasteiger partial charge >= 0.3 is 0 Å². The Morgan fingerprint density at radius 1 is 0.885 bits per heavy atom. The molecule has 1 N–H and O–H groups in total. The van der Waals surface area contributed by atoms with E-state index in [-0.39, 0.29) is 0 Å². The molecule has 0 aromatic heterocycles. The van der Waals surface area contributed by atoms with E-state index in [0.29, 0.717) is 11.4 Å². The summed E-state index contributed by atoms with van der Waals surface area (Å²) in [6, 6.07) is 15.2. The molecule has 1 fully saturated rings. The molecule has 0 radical (unpaired) electrons. The second-order valence-electron chi connectivity index (χ2n) is 6.78. The number of sulfonamides is 1. The fourth-order valence-electron chi connectivity index (χ4n) is 3.06. The van der Waals surface area contributed by atoms with Gasteiger partial charge in [-0.1, -0.05) is 31.2 Å². The van der Waals surface area contributed by atoms with Gasteiger partial charge in [0.25, 0.3) is 0 Å². The van der Waals surface area contributed by atoms with Gasteiger partial charge in [0.15, 0.2) is 0 Å². The minimum atomic E-state index is -3.49. The predicted octanol–water partition coefficient (Wildman–Crippen LogP) is 2.48. The molecular weight excluding hydrogens is 346 g/mol. The predicted molar refractivity (Wildman–Crippen MR) is 106 cm³/mol. The van der Waals surface area contributed by atoms with Crippen molar-refractivity contribution in [1.29, 1.82) is 0 Å². The molecule has 0 amide bonds. The summed E-state index contributed by atoms with van der Waals surface area (Å²) in [5.74, 6) is 0. The van der Waals surface area contributed by atoms with Gasteiger partial charge in [-0.15, -0.1) is 0 Å². The van der Waals surface area contributed by atoms with Gasteiger partial charge < -0.3 is 9.80 Å². The van der Waals surface area contributed by atoms with Gasteiger partial charge in [0.2, 0.25) is 10.0 Å². The Labute approximate surface area is 156 Å². The van der Waals surface area contributed by atoms with Crippen LogP contribution in [0.4, 0.5) is 5.69 Å². The van der Waals surface area contributed by atoms with E-state index >= 15 is 0 Å². The molecule has 2 aromatic carbocycles. The van der Waals surface area contributed by atoms with Crippen molar-refractivity contribution in [2.75, 3.05) is 38.1 Å². The third-order valence-corrected chi connectivity index (χ3v) is 6.33. The Morgan fingerprint density at radius 2 is 1.46 bits per heavy atom. The van der Waals surface area contributed by atoms with E-state index < -0.39 is 10.0 Å². The van der Waals surface area contributed by atoms with Crippen molar-refractivity contribution < 1.29 is 8.42 Å². The highest BCUT2D eigenvalue weighted by atomic mass is 32.2. The number of hydrogen-bond donors (Lipinski definition) is 1. The summed E-state index contributed by atoms with van der Waals surface area (Å²) in [5, 5.41) is 0. The molecule has 1 aliphatic heterocycles. The van der Waals surface area contributed by atoms with E-state index in [2.05, 4.69) is 33.7 Å². The third kappa shape index (κ3) is 4.63. The van der Waals surface area contributed by atoms with Crippen molar-refractivity contribution in [2.45, 2.75) is 24.8 Å². The fourth-order valence-corrected chi connectivity index (χ4v) is 4.07. The molecule has 140 valence electrons. The lowest BCUT2D eigenvalue weighted by Gasteiger charge is -2.34. The fraction of sp³-hybridized carbons (Fsp3) is 0.400. The van der Waals surface area contributed by atoms with Crippen molar-refractivity contribution in [2.24, 2.45) is 0 Å². The summed E-state index contributed by atoms with van der Waals surface area (Å²) in [6.45, 7) is 6.53. The second-order valence-corrected chi connectivity index (χ2v) is 8.55. The number of aryl methyl sites for hydroxylation is 1. The molecule has 0 unspecified atom stereocenters. The molecular formula is C20H27N3O2S. The highest BCUT2D eigenvalue weighted by Crippen LogP contribution is 2.18. The normalized spacial score (nSPS) is 16.0. The molecule has 2 aromatic rings. The standard InChI is InChI=1S/C20H27N3O2S/c1-3-17-6-10-20(11-7-17)26(24,25)21-16-18-4-8-19(9-5-18)23-14-12-22(2)13-15-23/h4-11,21H,3,12-16H2,1-2H3. The van der Waals surface area contributed by atoms with Crippen LogP contribution in [0.2, 0.25) is 0 Å². The smallest absolute Gasteiger partial charge is 0.240 e. The summed E-state index contributed by atoms with van der Waals surface area (Å²) in [4.78, 5) is 5.00. The number of nitrogens with one attached hydrogen (secondary N) is 1. The van der Waals surface area contributed by atoms with E-state index in [1.165, 1.54) is 5.69 Å². The molecule has 0 saturated carbocycles. The first-order valence-electron chi connectivity index (χ1n) is 9.09. The van der Waals surface area contributed by atoms with Crippen LogP contribution in [0.1, 0.15) is 18.1 Å². The average Bonchev–Trinajstić information content (AvgIpc) is 2.67. The molecule has 0 bridgehead atoms. The van der Waals surface area contributed by atoms with Crippen LogP contribution in [-0.4, -0.2) is 46.5 Å². The van der Waals surface area contributed by atoms with Crippen LogP contribution in [0.5, 0.6) is 0 Å². The Morgan fingerprint density at radius 3 is 2.04 bits per heavy atom. The zero-order chi connectivity index (χ0) is 18.6. The van der Waals surface area contributed by atoms with Crippen molar-refractivity contribution in [3.05, 3.63) is 59.7 Å². The SMILES string of the molecule is CCc1ccc(S(=O)(=O)NCc2ccc(N3CCN(C)CC3)cc2)cc1. The first-order valence-corrected chi connectivity index (χ1v) is 10.6. The summed E-state index contributed by atoms with van der Waals surface area (Å²) in [6.07, 6.45) is 0.896. The van der Waals surface area contributed by atoms with Crippen molar-refractivity contribution in [1.82, 2.24) is 9.62 Å². The monoisotopic (exact) mass is 373 g/mol. The summed E-state index contributed by atoms with van der Waals surface area (Å²) >= 11 is 0. The van der Waals surface area contributed by atoms with Gasteiger partial charge in [0.1, 0.15) is 0 Å². The molecule has 1 heterocycles. The first-order chi connectivity index (χ1) is 12.5. The number of likely N-dealkylation sites (N-methyl/N-ethyl adjacent to an activating group) is 1. The molecule has 26 heavy (non-hydrogen) atoms. The third-order valence-electron chi connectivity index (χ3n) is 4.91. The molecule has 3 rings (SSSR count). The van der Waals surface area contributed by atoms with Crippen LogP contribution in [0, 0.1) is 0 Å². The zero-order valence-electron chi connectivity index (χ0n) is 15.5.